The summed E-state index contributed by atoms with van der Waals surface area (Å²) in [6, 6.07) is 0. The Bertz CT molecular complexity index is 208. The second kappa shape index (κ2) is 9.76. The molecule has 0 fully saturated rings. The lowest BCUT2D eigenvalue weighted by Crippen LogP contribution is -2.12. The van der Waals surface area contributed by atoms with E-state index in [1.807, 2.05) is 27.7 Å². The third kappa shape index (κ3) is 5.01. The molecule has 2 rings (SSSR count). The molecule has 0 saturated carbocycles. The van der Waals surface area contributed by atoms with Crippen molar-refractivity contribution in [3.63, 3.8) is 0 Å². The fraction of sp³-hybridized carbons (Fsp3) is 0.600. The maximum absolute atomic E-state index is 2.38. The molecule has 15 heavy (non-hydrogen) atoms. The Morgan fingerprint density at radius 3 is 2.27 bits per heavy atom. The van der Waals surface area contributed by atoms with Crippen LogP contribution in [0.15, 0.2) is 36.5 Å². The molecule has 2 aliphatic carbocycles. The van der Waals surface area contributed by atoms with Gasteiger partial charge in [-0.15, -0.1) is 0 Å². The third-order valence-corrected chi connectivity index (χ3v) is 2.61. The first kappa shape index (κ1) is 14.2. The van der Waals surface area contributed by atoms with Crippen molar-refractivity contribution in [3.05, 3.63) is 36.5 Å². The zero-order valence-corrected chi connectivity index (χ0v) is 10.7. The summed E-state index contributed by atoms with van der Waals surface area (Å²) >= 11 is 0. The van der Waals surface area contributed by atoms with Crippen LogP contribution in [-0.4, -0.2) is 0 Å². The lowest BCUT2D eigenvalue weighted by atomic mass is 9.83. The van der Waals surface area contributed by atoms with Crippen LogP contribution in [0.25, 0.3) is 0 Å². The molecule has 2 unspecified atom stereocenters. The van der Waals surface area contributed by atoms with Crippen molar-refractivity contribution in [2.24, 2.45) is 11.8 Å². The van der Waals surface area contributed by atoms with Gasteiger partial charge in [0.1, 0.15) is 0 Å². The first-order valence-corrected chi connectivity index (χ1v) is 6.47. The van der Waals surface area contributed by atoms with Crippen LogP contribution in [-0.2, 0) is 0 Å². The fourth-order valence-electron chi connectivity index (χ4n) is 1.93. The van der Waals surface area contributed by atoms with E-state index in [1.165, 1.54) is 19.3 Å². The number of hydrogen-bond donors (Lipinski definition) is 0. The van der Waals surface area contributed by atoms with Gasteiger partial charge in [0.05, 0.1) is 0 Å². The van der Waals surface area contributed by atoms with Crippen LogP contribution in [0.2, 0.25) is 0 Å². The quantitative estimate of drug-likeness (QED) is 0.482. The minimum absolute atomic E-state index is 0.791. The van der Waals surface area contributed by atoms with Crippen molar-refractivity contribution in [1.29, 1.82) is 0 Å². The fourth-order valence-corrected chi connectivity index (χ4v) is 1.93. The Hall–Kier alpha value is -0.780. The molecule has 0 aromatic carbocycles. The molecule has 0 heterocycles. The molecule has 0 nitrogen and oxygen atoms in total. The van der Waals surface area contributed by atoms with Gasteiger partial charge in [-0.3, -0.25) is 0 Å². The van der Waals surface area contributed by atoms with Crippen LogP contribution in [0.3, 0.4) is 0 Å². The van der Waals surface area contributed by atoms with E-state index in [9.17, 15) is 0 Å². The molecule has 0 aliphatic heterocycles. The molecule has 0 spiro atoms. The van der Waals surface area contributed by atoms with Gasteiger partial charge in [0, 0.05) is 0 Å². The summed E-state index contributed by atoms with van der Waals surface area (Å²) in [5, 5.41) is 0. The SMILES string of the molecule is C1=CCC2C=CCCC2C=C1.CC.CC. The van der Waals surface area contributed by atoms with Crippen molar-refractivity contribution in [2.75, 3.05) is 0 Å². The summed E-state index contributed by atoms with van der Waals surface area (Å²) in [6.07, 6.45) is 17.6. The molecule has 2 atom stereocenters. The van der Waals surface area contributed by atoms with Gasteiger partial charge in [-0.25, -0.2) is 0 Å². The zero-order valence-electron chi connectivity index (χ0n) is 10.7. The van der Waals surface area contributed by atoms with Crippen LogP contribution >= 0.6 is 0 Å². The van der Waals surface area contributed by atoms with Gasteiger partial charge in [0.25, 0.3) is 0 Å². The second-order valence-corrected chi connectivity index (χ2v) is 3.38. The van der Waals surface area contributed by atoms with E-state index < -0.39 is 0 Å². The summed E-state index contributed by atoms with van der Waals surface area (Å²) in [4.78, 5) is 0. The van der Waals surface area contributed by atoms with E-state index in [2.05, 4.69) is 36.5 Å². The molecule has 86 valence electrons. The summed E-state index contributed by atoms with van der Waals surface area (Å²) in [5.74, 6) is 1.61. The highest BCUT2D eigenvalue weighted by molar-refractivity contribution is 5.14. The molecule has 0 saturated heterocycles. The van der Waals surface area contributed by atoms with Gasteiger partial charge in [0.2, 0.25) is 0 Å². The molecular weight excluding hydrogens is 180 g/mol. The Morgan fingerprint density at radius 2 is 1.53 bits per heavy atom. The van der Waals surface area contributed by atoms with Gasteiger partial charge >= 0.3 is 0 Å². The molecule has 0 bridgehead atoms. The monoisotopic (exact) mass is 206 g/mol. The maximum Gasteiger partial charge on any atom is -0.0136 e. The minimum Gasteiger partial charge on any atom is -0.0882 e. The summed E-state index contributed by atoms with van der Waals surface area (Å²) < 4.78 is 0. The van der Waals surface area contributed by atoms with E-state index in [-0.39, 0.29) is 0 Å². The average molecular weight is 206 g/mol. The van der Waals surface area contributed by atoms with Crippen LogP contribution in [0.5, 0.6) is 0 Å². The minimum atomic E-state index is 0.791. The number of rotatable bonds is 0. The van der Waals surface area contributed by atoms with Crippen molar-refractivity contribution < 1.29 is 0 Å². The molecule has 0 aromatic rings. The number of fused-ring (bicyclic) bond motifs is 1. The molecule has 2 aliphatic rings. The maximum atomic E-state index is 2.38. The van der Waals surface area contributed by atoms with Gasteiger partial charge in [-0.1, -0.05) is 64.2 Å². The first-order valence-electron chi connectivity index (χ1n) is 6.47. The topological polar surface area (TPSA) is 0 Å². The van der Waals surface area contributed by atoms with Gasteiger partial charge in [-0.05, 0) is 31.1 Å². The van der Waals surface area contributed by atoms with E-state index >= 15 is 0 Å². The van der Waals surface area contributed by atoms with Crippen LogP contribution in [0.1, 0.15) is 47.0 Å². The lowest BCUT2D eigenvalue weighted by Gasteiger charge is -2.22. The normalized spacial score (nSPS) is 26.4. The van der Waals surface area contributed by atoms with Crippen LogP contribution in [0, 0.1) is 11.8 Å². The number of hydrogen-bond acceptors (Lipinski definition) is 0. The van der Waals surface area contributed by atoms with E-state index in [4.69, 9.17) is 0 Å². The zero-order chi connectivity index (χ0) is 11.5. The standard InChI is InChI=1S/C11H14.2C2H6/c1-2-6-10-8-4-5-9-11(10)7-3-1;2*1-2/h1-4,7-8,10-11H,5-6,9H2;2*1-2H3. The van der Waals surface area contributed by atoms with Crippen LogP contribution in [0.4, 0.5) is 0 Å². The predicted molar refractivity (Wildman–Crippen MR) is 70.9 cm³/mol. The highest BCUT2D eigenvalue weighted by atomic mass is 14.2. The van der Waals surface area contributed by atoms with Crippen molar-refractivity contribution in [2.45, 2.75) is 47.0 Å². The van der Waals surface area contributed by atoms with Gasteiger partial charge in [0.15, 0.2) is 0 Å². The lowest BCUT2D eigenvalue weighted by molar-refractivity contribution is 0.435. The largest absolute Gasteiger partial charge is 0.0882 e. The molecule has 0 amide bonds. The molecular formula is C15H26. The summed E-state index contributed by atoms with van der Waals surface area (Å²) in [7, 11) is 0. The summed E-state index contributed by atoms with van der Waals surface area (Å²) in [5.41, 5.74) is 0. The second-order valence-electron chi connectivity index (χ2n) is 3.38. The molecule has 0 heteroatoms. The van der Waals surface area contributed by atoms with E-state index in [1.54, 1.807) is 0 Å². The molecule has 0 N–H and O–H groups in total. The van der Waals surface area contributed by atoms with Crippen LogP contribution < -0.4 is 0 Å². The summed E-state index contributed by atoms with van der Waals surface area (Å²) in [6.45, 7) is 8.00. The Kier molecular flexibility index (Phi) is 9.26. The highest BCUT2D eigenvalue weighted by Gasteiger charge is 2.18. The average Bonchev–Trinajstić information content (AvgIpc) is 2.59. The highest BCUT2D eigenvalue weighted by Crippen LogP contribution is 2.30. The molecule has 0 aromatic heterocycles. The van der Waals surface area contributed by atoms with Gasteiger partial charge in [-0.2, -0.15) is 0 Å². The Morgan fingerprint density at radius 1 is 0.800 bits per heavy atom. The number of allylic oxidation sites excluding steroid dienone is 6. The Balaban J connectivity index is 0.000000442. The first-order chi connectivity index (χ1) is 7.47. The Labute approximate surface area is 95.8 Å². The van der Waals surface area contributed by atoms with E-state index in [0.717, 1.165) is 11.8 Å². The predicted octanol–water partition coefficient (Wildman–Crippen LogP) is 5.14. The van der Waals surface area contributed by atoms with Crippen molar-refractivity contribution >= 4 is 0 Å². The van der Waals surface area contributed by atoms with Crippen molar-refractivity contribution in [3.8, 4) is 0 Å². The van der Waals surface area contributed by atoms with Crippen molar-refractivity contribution in [1.82, 2.24) is 0 Å². The smallest absolute Gasteiger partial charge is 0.0136 e. The third-order valence-electron chi connectivity index (χ3n) is 2.61. The molecule has 0 radical (unpaired) electrons. The van der Waals surface area contributed by atoms with E-state index in [0.29, 0.717) is 0 Å². The van der Waals surface area contributed by atoms with Gasteiger partial charge < -0.3 is 0 Å².